The Bertz CT molecular complexity index is 277. The second kappa shape index (κ2) is 5.13. The van der Waals surface area contributed by atoms with E-state index in [-0.39, 0.29) is 0 Å². The molecule has 0 bridgehead atoms. The molecule has 1 heterocycles. The van der Waals surface area contributed by atoms with Crippen LogP contribution >= 0.6 is 0 Å². The van der Waals surface area contributed by atoms with E-state index in [1.165, 1.54) is 45.1 Å². The molecule has 1 saturated heterocycles. The van der Waals surface area contributed by atoms with Crippen molar-refractivity contribution >= 4 is 0 Å². The quantitative estimate of drug-likeness (QED) is 0.828. The van der Waals surface area contributed by atoms with E-state index in [4.69, 9.17) is 0 Å². The molecule has 104 valence electrons. The first-order valence-electron chi connectivity index (χ1n) is 8.13. The maximum atomic E-state index is 3.98. The van der Waals surface area contributed by atoms with Crippen LogP contribution in [0.5, 0.6) is 0 Å². The molecule has 0 radical (unpaired) electrons. The van der Waals surface area contributed by atoms with Gasteiger partial charge in [0.25, 0.3) is 0 Å². The average Bonchev–Trinajstić information content (AvgIpc) is 3.02. The maximum Gasteiger partial charge on any atom is 0.0212 e. The third kappa shape index (κ3) is 2.91. The lowest BCUT2D eigenvalue weighted by atomic mass is 9.80. The van der Waals surface area contributed by atoms with Gasteiger partial charge in [0, 0.05) is 30.7 Å². The summed E-state index contributed by atoms with van der Waals surface area (Å²) in [7, 11) is 0. The molecule has 3 rings (SSSR count). The molecule has 0 aromatic heterocycles. The first-order chi connectivity index (χ1) is 8.61. The zero-order valence-corrected chi connectivity index (χ0v) is 12.4. The first-order valence-corrected chi connectivity index (χ1v) is 8.13. The number of hydrogen-bond donors (Lipinski definition) is 1. The highest BCUT2D eigenvalue weighted by Gasteiger charge is 2.39. The van der Waals surface area contributed by atoms with Gasteiger partial charge in [-0.05, 0) is 57.3 Å². The van der Waals surface area contributed by atoms with Crippen molar-refractivity contribution in [2.24, 2.45) is 11.8 Å². The fourth-order valence-electron chi connectivity index (χ4n) is 4.51. The van der Waals surface area contributed by atoms with Crippen molar-refractivity contribution in [2.45, 2.75) is 83.5 Å². The standard InChI is InChI=1S/C16H30N2/c1-11-6-12(2)8-14(7-11)17-15-9-13(3)18(10-15)16-4-5-16/h11-17H,4-10H2,1-3H3. The smallest absolute Gasteiger partial charge is 0.0212 e. The maximum absolute atomic E-state index is 3.98. The van der Waals surface area contributed by atoms with E-state index in [1.54, 1.807) is 0 Å². The fourth-order valence-corrected chi connectivity index (χ4v) is 4.51. The SMILES string of the molecule is CC1CC(C)CC(NC2CC(C)N(C3CC3)C2)C1. The number of likely N-dealkylation sites (tertiary alicyclic amines) is 1. The molecule has 2 nitrogen and oxygen atoms in total. The third-order valence-electron chi connectivity index (χ3n) is 5.29. The van der Waals surface area contributed by atoms with Crippen LogP contribution in [-0.2, 0) is 0 Å². The molecule has 3 fully saturated rings. The van der Waals surface area contributed by atoms with Gasteiger partial charge in [0.05, 0.1) is 0 Å². The molecule has 2 saturated carbocycles. The summed E-state index contributed by atoms with van der Waals surface area (Å²) in [6.07, 6.45) is 8.52. The van der Waals surface area contributed by atoms with Gasteiger partial charge in [-0.2, -0.15) is 0 Å². The Balaban J connectivity index is 1.50. The molecule has 2 aliphatic carbocycles. The van der Waals surface area contributed by atoms with Crippen molar-refractivity contribution in [3.8, 4) is 0 Å². The monoisotopic (exact) mass is 250 g/mol. The Morgan fingerprint density at radius 1 is 0.833 bits per heavy atom. The predicted molar refractivity (Wildman–Crippen MR) is 76.7 cm³/mol. The molecule has 0 spiro atoms. The van der Waals surface area contributed by atoms with Crippen LogP contribution in [0.3, 0.4) is 0 Å². The van der Waals surface area contributed by atoms with Crippen LogP contribution in [0.4, 0.5) is 0 Å². The molecule has 1 aliphatic heterocycles. The molecule has 1 N–H and O–H groups in total. The molecular formula is C16H30N2. The molecule has 4 atom stereocenters. The highest BCUT2D eigenvalue weighted by Crippen LogP contribution is 2.34. The van der Waals surface area contributed by atoms with E-state index in [1.807, 2.05) is 0 Å². The Labute approximate surface area is 113 Å². The summed E-state index contributed by atoms with van der Waals surface area (Å²) in [4.78, 5) is 2.76. The van der Waals surface area contributed by atoms with Gasteiger partial charge >= 0.3 is 0 Å². The predicted octanol–water partition coefficient (Wildman–Crippen LogP) is 3.03. The van der Waals surface area contributed by atoms with Gasteiger partial charge in [0.2, 0.25) is 0 Å². The van der Waals surface area contributed by atoms with Crippen LogP contribution in [-0.4, -0.2) is 35.6 Å². The average molecular weight is 250 g/mol. The normalized spacial score (nSPS) is 46.5. The summed E-state index contributed by atoms with van der Waals surface area (Å²) in [6.45, 7) is 8.59. The van der Waals surface area contributed by atoms with Gasteiger partial charge in [-0.3, -0.25) is 4.90 Å². The second-order valence-corrected chi connectivity index (χ2v) is 7.49. The van der Waals surface area contributed by atoms with Crippen LogP contribution in [0.1, 0.15) is 59.3 Å². The second-order valence-electron chi connectivity index (χ2n) is 7.49. The molecule has 2 heteroatoms. The largest absolute Gasteiger partial charge is 0.310 e. The van der Waals surface area contributed by atoms with Crippen molar-refractivity contribution in [3.63, 3.8) is 0 Å². The molecular weight excluding hydrogens is 220 g/mol. The van der Waals surface area contributed by atoms with E-state index in [9.17, 15) is 0 Å². The zero-order valence-electron chi connectivity index (χ0n) is 12.4. The topological polar surface area (TPSA) is 15.3 Å². The van der Waals surface area contributed by atoms with Gasteiger partial charge in [0.1, 0.15) is 0 Å². The number of rotatable bonds is 3. The molecule has 3 aliphatic rings. The lowest BCUT2D eigenvalue weighted by molar-refractivity contribution is 0.220. The molecule has 0 aromatic carbocycles. The molecule has 0 amide bonds. The van der Waals surface area contributed by atoms with Crippen LogP contribution in [0.2, 0.25) is 0 Å². The van der Waals surface area contributed by atoms with Crippen LogP contribution < -0.4 is 5.32 Å². The van der Waals surface area contributed by atoms with Crippen LogP contribution in [0, 0.1) is 11.8 Å². The minimum absolute atomic E-state index is 0.767. The molecule has 0 aromatic rings. The van der Waals surface area contributed by atoms with Crippen molar-refractivity contribution in [3.05, 3.63) is 0 Å². The summed E-state index contributed by atoms with van der Waals surface area (Å²) in [5, 5.41) is 3.98. The highest BCUT2D eigenvalue weighted by atomic mass is 15.3. The zero-order chi connectivity index (χ0) is 12.7. The number of hydrogen-bond acceptors (Lipinski definition) is 2. The lowest BCUT2D eigenvalue weighted by Gasteiger charge is -2.34. The van der Waals surface area contributed by atoms with E-state index < -0.39 is 0 Å². The van der Waals surface area contributed by atoms with Gasteiger partial charge < -0.3 is 5.32 Å². The minimum Gasteiger partial charge on any atom is -0.310 e. The van der Waals surface area contributed by atoms with Crippen LogP contribution in [0.15, 0.2) is 0 Å². The summed E-state index contributed by atoms with van der Waals surface area (Å²) < 4.78 is 0. The summed E-state index contributed by atoms with van der Waals surface area (Å²) in [6, 6.07) is 3.31. The Hall–Kier alpha value is -0.0800. The molecule has 4 unspecified atom stereocenters. The first kappa shape index (κ1) is 12.9. The van der Waals surface area contributed by atoms with E-state index in [0.29, 0.717) is 0 Å². The van der Waals surface area contributed by atoms with E-state index in [0.717, 1.165) is 36.0 Å². The Morgan fingerprint density at radius 2 is 1.50 bits per heavy atom. The van der Waals surface area contributed by atoms with Crippen molar-refractivity contribution in [1.82, 2.24) is 10.2 Å². The number of nitrogens with zero attached hydrogens (tertiary/aromatic N) is 1. The van der Waals surface area contributed by atoms with Crippen molar-refractivity contribution in [2.75, 3.05) is 6.54 Å². The fraction of sp³-hybridized carbons (Fsp3) is 1.00. The van der Waals surface area contributed by atoms with Crippen molar-refractivity contribution < 1.29 is 0 Å². The number of nitrogens with one attached hydrogen (secondary N) is 1. The van der Waals surface area contributed by atoms with Gasteiger partial charge in [-0.1, -0.05) is 13.8 Å². The van der Waals surface area contributed by atoms with E-state index >= 15 is 0 Å². The van der Waals surface area contributed by atoms with Gasteiger partial charge in [-0.15, -0.1) is 0 Å². The Morgan fingerprint density at radius 3 is 2.11 bits per heavy atom. The summed E-state index contributed by atoms with van der Waals surface area (Å²) in [5.41, 5.74) is 0. The summed E-state index contributed by atoms with van der Waals surface area (Å²) in [5.74, 6) is 1.84. The lowest BCUT2D eigenvalue weighted by Crippen LogP contribution is -2.43. The van der Waals surface area contributed by atoms with Crippen molar-refractivity contribution in [1.29, 1.82) is 0 Å². The minimum atomic E-state index is 0.767. The van der Waals surface area contributed by atoms with Crippen LogP contribution in [0.25, 0.3) is 0 Å². The summed E-state index contributed by atoms with van der Waals surface area (Å²) >= 11 is 0. The molecule has 18 heavy (non-hydrogen) atoms. The van der Waals surface area contributed by atoms with E-state index in [2.05, 4.69) is 31.0 Å². The Kier molecular flexibility index (Phi) is 3.68. The van der Waals surface area contributed by atoms with Gasteiger partial charge in [-0.25, -0.2) is 0 Å². The third-order valence-corrected chi connectivity index (χ3v) is 5.29. The van der Waals surface area contributed by atoms with Gasteiger partial charge in [0.15, 0.2) is 0 Å². The highest BCUT2D eigenvalue weighted by molar-refractivity contribution is 4.97.